The minimum atomic E-state index is -3.94. The fourth-order valence-electron chi connectivity index (χ4n) is 2.14. The van der Waals surface area contributed by atoms with E-state index in [2.05, 4.69) is 0 Å². The Morgan fingerprint density at radius 3 is 2.00 bits per heavy atom. The van der Waals surface area contributed by atoms with Gasteiger partial charge in [-0.25, -0.2) is 8.42 Å². The van der Waals surface area contributed by atoms with Crippen LogP contribution in [0.4, 0.5) is 0 Å². The van der Waals surface area contributed by atoms with Crippen molar-refractivity contribution in [3.8, 4) is 0 Å². The van der Waals surface area contributed by atoms with Crippen LogP contribution >= 0.6 is 0 Å². The van der Waals surface area contributed by atoms with Gasteiger partial charge in [-0.05, 0) is 17.7 Å². The average Bonchev–Trinajstić information content (AvgIpc) is 2.59. The third kappa shape index (κ3) is 4.12. The van der Waals surface area contributed by atoms with Gasteiger partial charge in [0.05, 0.1) is 10.9 Å². The van der Waals surface area contributed by atoms with Gasteiger partial charge in [0.25, 0.3) is 0 Å². The summed E-state index contributed by atoms with van der Waals surface area (Å²) in [5, 5.41) is 0. The van der Waals surface area contributed by atoms with Crippen LogP contribution in [0.3, 0.4) is 0 Å². The molecule has 0 saturated heterocycles. The SMILES string of the molecule is O=[C]C[C@@H]([C]=O)N(Cc1ccccc1)S(=O)(=O)c1ccccc1. The second-order valence-corrected chi connectivity index (χ2v) is 6.72. The number of sulfonamides is 1. The summed E-state index contributed by atoms with van der Waals surface area (Å²) in [4.78, 5) is 21.9. The van der Waals surface area contributed by atoms with Gasteiger partial charge >= 0.3 is 0 Å². The fraction of sp³-hybridized carbons (Fsp3) is 0.176. The third-order valence-corrected chi connectivity index (χ3v) is 5.16. The maximum absolute atomic E-state index is 12.8. The van der Waals surface area contributed by atoms with Crippen LogP contribution in [0, 0.1) is 0 Å². The monoisotopic (exact) mass is 329 g/mol. The lowest BCUT2D eigenvalue weighted by atomic mass is 10.2. The molecule has 6 heteroatoms. The molecule has 1 atom stereocenters. The molecule has 0 amide bonds. The average molecular weight is 329 g/mol. The molecule has 0 aliphatic carbocycles. The Hall–Kier alpha value is -2.31. The van der Waals surface area contributed by atoms with Crippen LogP contribution in [-0.4, -0.2) is 31.3 Å². The number of rotatable bonds is 8. The van der Waals surface area contributed by atoms with Crippen molar-refractivity contribution in [1.82, 2.24) is 4.31 Å². The molecule has 2 aromatic rings. The van der Waals surface area contributed by atoms with Crippen LogP contribution in [0.2, 0.25) is 0 Å². The molecule has 0 spiro atoms. The molecule has 2 aromatic carbocycles. The summed E-state index contributed by atoms with van der Waals surface area (Å²) in [7, 11) is -3.94. The summed E-state index contributed by atoms with van der Waals surface area (Å²) in [6.07, 6.45) is 2.86. The zero-order valence-corrected chi connectivity index (χ0v) is 13.1. The van der Waals surface area contributed by atoms with Crippen LogP contribution in [0.1, 0.15) is 12.0 Å². The predicted molar refractivity (Wildman–Crippen MR) is 85.4 cm³/mol. The molecule has 0 aromatic heterocycles. The van der Waals surface area contributed by atoms with Gasteiger partial charge in [0.15, 0.2) is 0 Å². The van der Waals surface area contributed by atoms with Crippen LogP contribution < -0.4 is 0 Å². The first kappa shape index (κ1) is 17.1. The summed E-state index contributed by atoms with van der Waals surface area (Å²) in [5.74, 6) is 0. The molecular weight excluding hydrogens is 314 g/mol. The topological polar surface area (TPSA) is 71.5 Å². The highest BCUT2D eigenvalue weighted by Gasteiger charge is 2.32. The van der Waals surface area contributed by atoms with Crippen molar-refractivity contribution in [1.29, 1.82) is 0 Å². The molecule has 0 aliphatic heterocycles. The van der Waals surface area contributed by atoms with Gasteiger partial charge in [-0.3, -0.25) is 9.59 Å². The summed E-state index contributed by atoms with van der Waals surface area (Å²) in [5.41, 5.74) is 0.707. The Morgan fingerprint density at radius 1 is 0.913 bits per heavy atom. The van der Waals surface area contributed by atoms with Gasteiger partial charge in [0.2, 0.25) is 22.6 Å². The highest BCUT2D eigenvalue weighted by molar-refractivity contribution is 7.89. The molecule has 0 bridgehead atoms. The summed E-state index contributed by atoms with van der Waals surface area (Å²) in [6.45, 7) is -0.0281. The standard InChI is InChI=1S/C17H15NO4S/c19-12-11-16(14-20)18(13-15-7-3-1-4-8-15)23(21,22)17-9-5-2-6-10-17/h1-10,16H,11,13H2/t16-/m0/s1. The van der Waals surface area contributed by atoms with E-state index in [1.54, 1.807) is 55.0 Å². The zero-order valence-electron chi connectivity index (χ0n) is 12.3. The van der Waals surface area contributed by atoms with E-state index >= 15 is 0 Å². The van der Waals surface area contributed by atoms with Crippen molar-refractivity contribution in [2.75, 3.05) is 0 Å². The lowest BCUT2D eigenvalue weighted by Crippen LogP contribution is -2.41. The van der Waals surface area contributed by atoms with E-state index in [1.807, 2.05) is 6.07 Å². The molecule has 5 nitrogen and oxygen atoms in total. The first-order valence-corrected chi connectivity index (χ1v) is 8.37. The molecule has 0 N–H and O–H groups in total. The van der Waals surface area contributed by atoms with E-state index in [9.17, 15) is 18.0 Å². The minimum Gasteiger partial charge on any atom is -0.291 e. The van der Waals surface area contributed by atoms with Crippen LogP contribution in [0.15, 0.2) is 65.6 Å². The number of carbonyl (C=O) groups excluding carboxylic acids is 2. The molecule has 0 unspecified atom stereocenters. The molecule has 0 heterocycles. The minimum absolute atomic E-state index is 0.0281. The molecule has 0 aliphatic rings. The van der Waals surface area contributed by atoms with E-state index < -0.39 is 16.1 Å². The lowest BCUT2D eigenvalue weighted by molar-refractivity contribution is 0.360. The zero-order chi connectivity index (χ0) is 16.7. The summed E-state index contributed by atoms with van der Waals surface area (Å²) < 4.78 is 26.6. The Balaban J connectivity index is 2.44. The van der Waals surface area contributed by atoms with Crippen molar-refractivity contribution in [2.45, 2.75) is 23.9 Å². The molecule has 23 heavy (non-hydrogen) atoms. The molecule has 2 rings (SSSR count). The Bertz CT molecular complexity index is 745. The number of nitrogens with zero attached hydrogens (tertiary/aromatic N) is 1. The van der Waals surface area contributed by atoms with Gasteiger partial charge in [-0.2, -0.15) is 4.31 Å². The van der Waals surface area contributed by atoms with E-state index in [0.29, 0.717) is 5.56 Å². The lowest BCUT2D eigenvalue weighted by Gasteiger charge is -2.25. The molecule has 0 fully saturated rings. The highest BCUT2D eigenvalue weighted by atomic mass is 32.2. The molecule has 118 valence electrons. The van der Waals surface area contributed by atoms with Gasteiger partial charge < -0.3 is 0 Å². The Labute approximate surface area is 135 Å². The van der Waals surface area contributed by atoms with Gasteiger partial charge in [0, 0.05) is 13.0 Å². The van der Waals surface area contributed by atoms with Crippen molar-refractivity contribution in [3.05, 3.63) is 66.2 Å². The molecule has 2 radical (unpaired) electrons. The maximum atomic E-state index is 12.8. The van der Waals surface area contributed by atoms with Crippen molar-refractivity contribution in [3.63, 3.8) is 0 Å². The van der Waals surface area contributed by atoms with Crippen LogP contribution in [-0.2, 0) is 26.2 Å². The highest BCUT2D eigenvalue weighted by Crippen LogP contribution is 2.21. The second-order valence-electron chi connectivity index (χ2n) is 4.83. The normalized spacial score (nSPS) is 12.7. The molecule has 0 saturated carbocycles. The summed E-state index contributed by atoms with van der Waals surface area (Å²) in [6, 6.07) is 15.4. The van der Waals surface area contributed by atoms with E-state index in [1.165, 1.54) is 12.1 Å². The van der Waals surface area contributed by atoms with Gasteiger partial charge in [-0.15, -0.1) is 0 Å². The van der Waals surface area contributed by atoms with E-state index in [4.69, 9.17) is 0 Å². The Kier molecular flexibility index (Phi) is 5.78. The maximum Gasteiger partial charge on any atom is 0.244 e. The van der Waals surface area contributed by atoms with Crippen LogP contribution in [0.5, 0.6) is 0 Å². The number of benzene rings is 2. The van der Waals surface area contributed by atoms with Gasteiger partial charge in [0.1, 0.15) is 0 Å². The van der Waals surface area contributed by atoms with Crippen LogP contribution in [0.25, 0.3) is 0 Å². The second kappa shape index (κ2) is 7.80. The fourth-order valence-corrected chi connectivity index (χ4v) is 3.68. The largest absolute Gasteiger partial charge is 0.291 e. The van der Waals surface area contributed by atoms with Crippen molar-refractivity contribution < 1.29 is 18.0 Å². The molecular formula is C17H15NO4S. The predicted octanol–water partition coefficient (Wildman–Crippen LogP) is 1.86. The van der Waals surface area contributed by atoms with E-state index in [0.717, 1.165) is 4.31 Å². The Morgan fingerprint density at radius 2 is 1.48 bits per heavy atom. The first-order valence-electron chi connectivity index (χ1n) is 6.93. The smallest absolute Gasteiger partial charge is 0.244 e. The summed E-state index contributed by atoms with van der Waals surface area (Å²) >= 11 is 0. The van der Waals surface area contributed by atoms with Crippen molar-refractivity contribution >= 4 is 22.6 Å². The number of hydrogen-bond acceptors (Lipinski definition) is 4. The van der Waals surface area contributed by atoms with E-state index in [-0.39, 0.29) is 17.9 Å². The quantitative estimate of drug-likeness (QED) is 0.741. The third-order valence-electron chi connectivity index (χ3n) is 3.29. The number of hydrogen-bond donors (Lipinski definition) is 0. The first-order chi connectivity index (χ1) is 11.1. The van der Waals surface area contributed by atoms with Gasteiger partial charge in [-0.1, -0.05) is 48.5 Å². The van der Waals surface area contributed by atoms with Crippen molar-refractivity contribution in [2.24, 2.45) is 0 Å².